The molecule has 2 aromatic carbocycles. The highest BCUT2D eigenvalue weighted by atomic mass is 35.5. The smallest absolute Gasteiger partial charge is 0.339 e. The number of para-hydroxylation sites is 1. The van der Waals surface area contributed by atoms with Gasteiger partial charge in [0, 0.05) is 10.6 Å². The van der Waals surface area contributed by atoms with Gasteiger partial charge in [-0.3, -0.25) is 10.1 Å². The van der Waals surface area contributed by atoms with E-state index >= 15 is 0 Å². The summed E-state index contributed by atoms with van der Waals surface area (Å²) in [5, 5.41) is 6.62. The normalized spacial score (nSPS) is 9.81. The van der Waals surface area contributed by atoms with Crippen molar-refractivity contribution in [3.05, 3.63) is 63.6 Å². The van der Waals surface area contributed by atoms with Gasteiger partial charge in [-0.15, -0.1) is 0 Å². The molecule has 2 rings (SSSR count). The van der Waals surface area contributed by atoms with E-state index in [9.17, 15) is 9.59 Å². The van der Waals surface area contributed by atoms with Crippen LogP contribution in [0.25, 0.3) is 0 Å². The number of carbonyl (C=O) groups excluding carboxylic acids is 2. The van der Waals surface area contributed by atoms with E-state index in [0.717, 1.165) is 0 Å². The number of anilines is 1. The molecule has 0 aliphatic carbocycles. The van der Waals surface area contributed by atoms with Gasteiger partial charge in [0.25, 0.3) is 0 Å². The minimum atomic E-state index is -0.516. The molecule has 0 atom stereocenters. The second-order valence-corrected chi connectivity index (χ2v) is 5.96. The van der Waals surface area contributed by atoms with Crippen molar-refractivity contribution in [3.63, 3.8) is 0 Å². The largest absolute Gasteiger partial charge is 0.465 e. The third kappa shape index (κ3) is 5.78. The van der Waals surface area contributed by atoms with Crippen molar-refractivity contribution >= 4 is 40.8 Å². The Balaban J connectivity index is 1.86. The van der Waals surface area contributed by atoms with Crippen molar-refractivity contribution in [2.75, 3.05) is 25.5 Å². The van der Waals surface area contributed by atoms with Gasteiger partial charge in [0.2, 0.25) is 5.91 Å². The lowest BCUT2D eigenvalue weighted by Crippen LogP contribution is -2.28. The van der Waals surface area contributed by atoms with E-state index in [4.69, 9.17) is 23.2 Å². The quantitative estimate of drug-likeness (QED) is 0.466. The summed E-state index contributed by atoms with van der Waals surface area (Å²) in [5.41, 5.74) is 1.30. The summed E-state index contributed by atoms with van der Waals surface area (Å²) in [4.78, 5) is 23.7. The molecule has 0 unspecified atom stereocenters. The maximum atomic E-state index is 12.0. The van der Waals surface area contributed by atoms with Crippen LogP contribution in [0, 0.1) is 11.8 Å². The summed E-state index contributed by atoms with van der Waals surface area (Å²) >= 11 is 11.9. The third-order valence-electron chi connectivity index (χ3n) is 3.26. The van der Waals surface area contributed by atoms with Crippen LogP contribution in [0.3, 0.4) is 0 Å². The van der Waals surface area contributed by atoms with Crippen molar-refractivity contribution in [1.29, 1.82) is 0 Å². The van der Waals surface area contributed by atoms with Crippen LogP contribution >= 0.6 is 23.2 Å². The SMILES string of the molecule is COC(=O)c1ccccc1NC(=O)CNCC#Cc1cc(Cl)ccc1Cl. The zero-order valence-corrected chi connectivity index (χ0v) is 15.4. The lowest BCUT2D eigenvalue weighted by Gasteiger charge is -2.09. The van der Waals surface area contributed by atoms with E-state index in [1.165, 1.54) is 7.11 Å². The highest BCUT2D eigenvalue weighted by Gasteiger charge is 2.12. The minimum Gasteiger partial charge on any atom is -0.465 e. The predicted octanol–water partition coefficient (Wildman–Crippen LogP) is 3.36. The van der Waals surface area contributed by atoms with E-state index in [2.05, 4.69) is 27.2 Å². The van der Waals surface area contributed by atoms with Gasteiger partial charge in [0.15, 0.2) is 0 Å². The van der Waals surface area contributed by atoms with E-state index < -0.39 is 5.97 Å². The highest BCUT2D eigenvalue weighted by Crippen LogP contribution is 2.19. The number of halogens is 2. The molecule has 0 aliphatic heterocycles. The summed E-state index contributed by atoms with van der Waals surface area (Å²) in [6.07, 6.45) is 0. The Morgan fingerprint density at radius 3 is 2.69 bits per heavy atom. The number of methoxy groups -OCH3 is 1. The summed E-state index contributed by atoms with van der Waals surface area (Å²) in [6.45, 7) is 0.322. The van der Waals surface area contributed by atoms with Crippen LogP contribution in [0.2, 0.25) is 10.0 Å². The summed E-state index contributed by atoms with van der Waals surface area (Å²) in [5.74, 6) is 4.94. The van der Waals surface area contributed by atoms with Crippen LogP contribution in [-0.2, 0) is 9.53 Å². The van der Waals surface area contributed by atoms with Gasteiger partial charge in [0.05, 0.1) is 36.5 Å². The molecule has 0 fully saturated rings. The number of carbonyl (C=O) groups is 2. The topological polar surface area (TPSA) is 67.4 Å². The standard InChI is InChI=1S/C19H16Cl2N2O3/c1-26-19(25)15-6-2-3-7-17(15)23-18(24)12-22-10-4-5-13-11-14(20)8-9-16(13)21/h2-3,6-9,11,22H,10,12H2,1H3,(H,23,24). The van der Waals surface area contributed by atoms with E-state index in [0.29, 0.717) is 26.9 Å². The lowest BCUT2D eigenvalue weighted by molar-refractivity contribution is -0.115. The molecule has 1 amide bonds. The molecule has 0 saturated carbocycles. The molecule has 0 saturated heterocycles. The van der Waals surface area contributed by atoms with Crippen molar-refractivity contribution in [2.45, 2.75) is 0 Å². The lowest BCUT2D eigenvalue weighted by atomic mass is 10.2. The fourth-order valence-corrected chi connectivity index (χ4v) is 2.38. The number of nitrogens with one attached hydrogen (secondary N) is 2. The summed E-state index contributed by atoms with van der Waals surface area (Å²) in [6, 6.07) is 11.7. The first kappa shape index (κ1) is 19.8. The summed E-state index contributed by atoms with van der Waals surface area (Å²) in [7, 11) is 1.29. The van der Waals surface area contributed by atoms with Crippen LogP contribution in [0.15, 0.2) is 42.5 Å². The van der Waals surface area contributed by atoms with Gasteiger partial charge in [-0.05, 0) is 30.3 Å². The van der Waals surface area contributed by atoms with E-state index in [1.54, 1.807) is 42.5 Å². The third-order valence-corrected chi connectivity index (χ3v) is 3.82. The molecule has 0 radical (unpaired) electrons. The average molecular weight is 391 g/mol. The fraction of sp³-hybridized carbons (Fsp3) is 0.158. The van der Waals surface area contributed by atoms with Crippen LogP contribution < -0.4 is 10.6 Å². The first-order chi connectivity index (χ1) is 12.5. The predicted molar refractivity (Wildman–Crippen MR) is 103 cm³/mol. The summed E-state index contributed by atoms with van der Waals surface area (Å²) < 4.78 is 4.69. The molecular formula is C19H16Cl2N2O3. The van der Waals surface area contributed by atoms with Crippen LogP contribution in [0.4, 0.5) is 5.69 Å². The number of ether oxygens (including phenoxy) is 1. The van der Waals surface area contributed by atoms with E-state index in [-0.39, 0.29) is 19.0 Å². The molecule has 2 N–H and O–H groups in total. The van der Waals surface area contributed by atoms with Gasteiger partial charge in [0.1, 0.15) is 0 Å². The van der Waals surface area contributed by atoms with Crippen molar-refractivity contribution in [2.24, 2.45) is 0 Å². The molecular weight excluding hydrogens is 375 g/mol. The molecule has 134 valence electrons. The van der Waals surface area contributed by atoms with Crippen LogP contribution in [0.1, 0.15) is 15.9 Å². The second-order valence-electron chi connectivity index (χ2n) is 5.11. The maximum absolute atomic E-state index is 12.0. The monoisotopic (exact) mass is 390 g/mol. The van der Waals surface area contributed by atoms with Crippen molar-refractivity contribution in [3.8, 4) is 11.8 Å². The molecule has 0 spiro atoms. The van der Waals surface area contributed by atoms with Crippen molar-refractivity contribution < 1.29 is 14.3 Å². The van der Waals surface area contributed by atoms with Gasteiger partial charge < -0.3 is 10.1 Å². The van der Waals surface area contributed by atoms with Gasteiger partial charge in [-0.25, -0.2) is 4.79 Å². The molecule has 0 bridgehead atoms. The highest BCUT2D eigenvalue weighted by molar-refractivity contribution is 6.33. The number of benzene rings is 2. The Morgan fingerprint density at radius 1 is 1.15 bits per heavy atom. The number of esters is 1. The molecule has 7 heteroatoms. The van der Waals surface area contributed by atoms with Crippen molar-refractivity contribution in [1.82, 2.24) is 5.32 Å². The Morgan fingerprint density at radius 2 is 1.92 bits per heavy atom. The number of hydrogen-bond donors (Lipinski definition) is 2. The Bertz CT molecular complexity index is 873. The van der Waals surface area contributed by atoms with Gasteiger partial charge in [-0.2, -0.15) is 0 Å². The molecule has 26 heavy (non-hydrogen) atoms. The number of hydrogen-bond acceptors (Lipinski definition) is 4. The first-order valence-corrected chi connectivity index (χ1v) is 8.38. The second kappa shape index (κ2) is 9.83. The Kier molecular flexibility index (Phi) is 7.49. The molecule has 0 aromatic heterocycles. The Hall–Kier alpha value is -2.52. The van der Waals surface area contributed by atoms with Crippen LogP contribution in [-0.4, -0.2) is 32.1 Å². The molecule has 0 heterocycles. The fourth-order valence-electron chi connectivity index (χ4n) is 2.05. The maximum Gasteiger partial charge on any atom is 0.339 e. The molecule has 5 nitrogen and oxygen atoms in total. The minimum absolute atomic E-state index is 0.0352. The Labute approximate surface area is 161 Å². The van der Waals surface area contributed by atoms with E-state index in [1.807, 2.05) is 0 Å². The average Bonchev–Trinajstić information content (AvgIpc) is 2.64. The zero-order valence-electron chi connectivity index (χ0n) is 13.9. The molecule has 2 aromatic rings. The zero-order chi connectivity index (χ0) is 18.9. The van der Waals surface area contributed by atoms with Crippen LogP contribution in [0.5, 0.6) is 0 Å². The van der Waals surface area contributed by atoms with Gasteiger partial charge in [-0.1, -0.05) is 47.2 Å². The number of amides is 1. The first-order valence-electron chi connectivity index (χ1n) is 7.63. The molecule has 0 aliphatic rings. The van der Waals surface area contributed by atoms with Gasteiger partial charge >= 0.3 is 5.97 Å². The number of rotatable bonds is 5.